The number of anilines is 6. The summed E-state index contributed by atoms with van der Waals surface area (Å²) in [5, 5.41) is 9.74. The molecule has 0 saturated heterocycles. The van der Waals surface area contributed by atoms with Gasteiger partial charge in [0.2, 0.25) is 0 Å². The Morgan fingerprint density at radius 2 is 0.429 bits per heavy atom. The molecule has 0 fully saturated rings. The van der Waals surface area contributed by atoms with E-state index in [0.29, 0.717) is 0 Å². The summed E-state index contributed by atoms with van der Waals surface area (Å²) in [7, 11) is 0. The Kier molecular flexibility index (Phi) is 12.1. The Morgan fingerprint density at radius 3 is 0.688 bits per heavy atom. The van der Waals surface area contributed by atoms with Gasteiger partial charge in [0.05, 0.1) is 11.4 Å². The van der Waals surface area contributed by atoms with Crippen LogP contribution in [-0.4, -0.2) is 0 Å². The molecule has 0 spiro atoms. The van der Waals surface area contributed by atoms with Crippen LogP contribution in [0, 0.1) is 34.6 Å². The lowest BCUT2D eigenvalue weighted by Gasteiger charge is -2.29. The van der Waals surface area contributed by atoms with Crippen LogP contribution >= 0.6 is 0 Å². The molecule has 13 aromatic carbocycles. The van der Waals surface area contributed by atoms with Gasteiger partial charge in [0.25, 0.3) is 0 Å². The van der Waals surface area contributed by atoms with Crippen molar-refractivity contribution in [2.75, 3.05) is 9.80 Å². The highest BCUT2D eigenvalue weighted by atomic mass is 15.2. The Labute approximate surface area is 452 Å². The minimum absolute atomic E-state index is 1.13. The third-order valence-corrected chi connectivity index (χ3v) is 15.5. The van der Waals surface area contributed by atoms with Crippen LogP contribution in [0.25, 0.3) is 87.6 Å². The van der Waals surface area contributed by atoms with Crippen LogP contribution < -0.4 is 9.80 Å². The second kappa shape index (κ2) is 19.6. The van der Waals surface area contributed by atoms with Gasteiger partial charge in [0, 0.05) is 44.3 Å². The molecule has 0 unspecified atom stereocenters. The predicted octanol–water partition coefficient (Wildman–Crippen LogP) is 21.4. The lowest BCUT2D eigenvalue weighted by atomic mass is 9.88. The van der Waals surface area contributed by atoms with E-state index in [1.54, 1.807) is 0 Å². The van der Waals surface area contributed by atoms with Gasteiger partial charge in [-0.25, -0.2) is 0 Å². The van der Waals surface area contributed by atoms with E-state index in [-0.39, 0.29) is 0 Å². The highest BCUT2D eigenvalue weighted by Crippen LogP contribution is 2.50. The maximum Gasteiger partial charge on any atom is 0.0618 e. The van der Waals surface area contributed by atoms with E-state index in [1.165, 1.54) is 127 Å². The first kappa shape index (κ1) is 47.2. The summed E-state index contributed by atoms with van der Waals surface area (Å²) in [5.41, 5.74) is 22.7. The number of fused-ring (bicyclic) bond motifs is 4. The van der Waals surface area contributed by atoms with Gasteiger partial charge in [-0.3, -0.25) is 0 Å². The first-order valence-corrected chi connectivity index (χ1v) is 26.8. The van der Waals surface area contributed by atoms with E-state index in [1.807, 2.05) is 0 Å². The average molecular weight is 987 g/mol. The van der Waals surface area contributed by atoms with E-state index in [0.717, 1.165) is 22.7 Å². The van der Waals surface area contributed by atoms with Crippen LogP contribution in [0.1, 0.15) is 27.8 Å². The van der Waals surface area contributed by atoms with Crippen molar-refractivity contribution in [2.24, 2.45) is 0 Å². The first-order valence-electron chi connectivity index (χ1n) is 26.8. The lowest BCUT2D eigenvalue weighted by molar-refractivity contribution is 1.29. The SMILES string of the molecule is Cc1ccc(N(c2ccc(C)cc2)c2c3ccccc3c(-c3ccc(-c4cc(C)cc(-c5ccc(-c6c7ccccc7c(N(c7ccc(C)cc7)c7ccc(C)cc7)c7ccccc67)cc5)c4)cc3)c3ccccc23)cc1. The fourth-order valence-electron chi connectivity index (χ4n) is 11.7. The van der Waals surface area contributed by atoms with Gasteiger partial charge in [-0.1, -0.05) is 229 Å². The highest BCUT2D eigenvalue weighted by Gasteiger charge is 2.24. The number of nitrogens with zero attached hydrogens (tertiary/aromatic N) is 2. The maximum atomic E-state index is 2.44. The molecule has 0 aromatic heterocycles. The van der Waals surface area contributed by atoms with Crippen molar-refractivity contribution >= 4 is 77.2 Å². The summed E-state index contributed by atoms with van der Waals surface area (Å²) in [6.07, 6.45) is 0. The predicted molar refractivity (Wildman–Crippen MR) is 331 cm³/mol. The minimum Gasteiger partial charge on any atom is -0.309 e. The third-order valence-electron chi connectivity index (χ3n) is 15.5. The molecule has 13 aromatic rings. The van der Waals surface area contributed by atoms with E-state index >= 15 is 0 Å². The van der Waals surface area contributed by atoms with E-state index in [9.17, 15) is 0 Å². The van der Waals surface area contributed by atoms with Crippen LogP contribution in [-0.2, 0) is 0 Å². The zero-order valence-corrected chi connectivity index (χ0v) is 44.2. The molecular weight excluding hydrogens is 929 g/mol. The van der Waals surface area contributed by atoms with Crippen molar-refractivity contribution in [3.8, 4) is 44.5 Å². The molecular formula is C75H58N2. The standard InChI is InChI=1S/C75H58N2/c1-49-22-38-60(39-23-49)76(61-40-24-50(2)25-41-61)74-68-18-10-6-14-64(68)72(65-15-7-11-19-69(65)74)56-34-30-54(31-35-56)58-46-53(5)47-59(48-58)55-32-36-57(37-33-55)73-66-16-8-12-20-70(66)75(71-21-13-9-17-67(71)73)77(62-42-26-51(3)27-43-62)63-44-28-52(4)29-45-63/h6-48H,1-5H3. The normalized spacial score (nSPS) is 11.4. The molecule has 0 bridgehead atoms. The molecule has 77 heavy (non-hydrogen) atoms. The lowest BCUT2D eigenvalue weighted by Crippen LogP contribution is -2.11. The topological polar surface area (TPSA) is 6.48 Å². The molecule has 368 valence electrons. The largest absolute Gasteiger partial charge is 0.309 e. The molecule has 2 heteroatoms. The van der Waals surface area contributed by atoms with Crippen molar-refractivity contribution in [1.29, 1.82) is 0 Å². The number of aryl methyl sites for hydroxylation is 5. The summed E-state index contributed by atoms with van der Waals surface area (Å²) in [6.45, 7) is 10.8. The molecule has 0 heterocycles. The van der Waals surface area contributed by atoms with Crippen molar-refractivity contribution in [2.45, 2.75) is 34.6 Å². The van der Waals surface area contributed by atoms with Crippen molar-refractivity contribution < 1.29 is 0 Å². The van der Waals surface area contributed by atoms with E-state index in [2.05, 4.69) is 305 Å². The minimum atomic E-state index is 1.13. The average Bonchev–Trinajstić information content (AvgIpc) is 3.47. The zero-order chi connectivity index (χ0) is 52.1. The summed E-state index contributed by atoms with van der Waals surface area (Å²) < 4.78 is 0. The van der Waals surface area contributed by atoms with Gasteiger partial charge >= 0.3 is 0 Å². The molecule has 2 nitrogen and oxygen atoms in total. The van der Waals surface area contributed by atoms with Gasteiger partial charge in [-0.05, 0) is 161 Å². The number of benzene rings is 13. The van der Waals surface area contributed by atoms with Gasteiger partial charge in [0.15, 0.2) is 0 Å². The zero-order valence-electron chi connectivity index (χ0n) is 44.2. The van der Waals surface area contributed by atoms with Crippen LogP contribution in [0.15, 0.2) is 261 Å². The van der Waals surface area contributed by atoms with Crippen molar-refractivity contribution in [1.82, 2.24) is 0 Å². The van der Waals surface area contributed by atoms with Crippen molar-refractivity contribution in [3.05, 3.63) is 289 Å². The van der Waals surface area contributed by atoms with Crippen LogP contribution in [0.2, 0.25) is 0 Å². The fourth-order valence-corrected chi connectivity index (χ4v) is 11.7. The Balaban J connectivity index is 0.872. The number of hydrogen-bond donors (Lipinski definition) is 0. The summed E-state index contributed by atoms with van der Waals surface area (Å²) >= 11 is 0. The molecule has 0 radical (unpaired) electrons. The fraction of sp³-hybridized carbons (Fsp3) is 0.0667. The Hall–Kier alpha value is -9.50. The van der Waals surface area contributed by atoms with E-state index < -0.39 is 0 Å². The molecule has 0 aliphatic heterocycles. The number of rotatable bonds is 10. The Morgan fingerprint density at radius 1 is 0.195 bits per heavy atom. The highest BCUT2D eigenvalue weighted by molar-refractivity contribution is 6.24. The van der Waals surface area contributed by atoms with Gasteiger partial charge in [-0.2, -0.15) is 0 Å². The summed E-state index contributed by atoms with van der Waals surface area (Å²) in [5.74, 6) is 0. The summed E-state index contributed by atoms with van der Waals surface area (Å²) in [6, 6.07) is 96.8. The molecule has 0 aliphatic rings. The molecule has 13 rings (SSSR count). The quantitative estimate of drug-likeness (QED) is 0.126. The monoisotopic (exact) mass is 986 g/mol. The third kappa shape index (κ3) is 8.68. The van der Waals surface area contributed by atoms with Crippen LogP contribution in [0.5, 0.6) is 0 Å². The molecule has 0 amide bonds. The van der Waals surface area contributed by atoms with E-state index in [4.69, 9.17) is 0 Å². The van der Waals surface area contributed by atoms with Gasteiger partial charge < -0.3 is 9.80 Å². The molecule has 0 aliphatic carbocycles. The molecule has 0 atom stereocenters. The first-order chi connectivity index (χ1) is 37.7. The van der Waals surface area contributed by atoms with Crippen molar-refractivity contribution in [3.63, 3.8) is 0 Å². The second-order valence-electron chi connectivity index (χ2n) is 20.9. The molecule has 0 N–H and O–H groups in total. The van der Waals surface area contributed by atoms with Gasteiger partial charge in [0.1, 0.15) is 0 Å². The van der Waals surface area contributed by atoms with Gasteiger partial charge in [-0.15, -0.1) is 0 Å². The Bertz CT molecular complexity index is 3840. The smallest absolute Gasteiger partial charge is 0.0618 e. The van der Waals surface area contributed by atoms with Crippen LogP contribution in [0.3, 0.4) is 0 Å². The second-order valence-corrected chi connectivity index (χ2v) is 20.9. The number of hydrogen-bond acceptors (Lipinski definition) is 2. The summed E-state index contributed by atoms with van der Waals surface area (Å²) in [4.78, 5) is 4.88. The molecule has 0 saturated carbocycles. The maximum absolute atomic E-state index is 2.44. The van der Waals surface area contributed by atoms with Crippen LogP contribution in [0.4, 0.5) is 34.1 Å².